The molecule has 0 spiro atoms. The Morgan fingerprint density at radius 1 is 1.07 bits per heavy atom. The lowest BCUT2D eigenvalue weighted by Crippen LogP contribution is -2.35. The monoisotopic (exact) mass is 367 g/mol. The van der Waals surface area contributed by atoms with Gasteiger partial charge in [-0.1, -0.05) is 0 Å². The zero-order valence-corrected chi connectivity index (χ0v) is 14.7. The predicted octanol–water partition coefficient (Wildman–Crippen LogP) is 1.97. The third-order valence-electron chi connectivity index (χ3n) is 3.71. The highest BCUT2D eigenvalue weighted by molar-refractivity contribution is 5.92. The van der Waals surface area contributed by atoms with E-state index in [-0.39, 0.29) is 23.0 Å². The Kier molecular flexibility index (Phi) is 5.16. The molecule has 3 rings (SSSR count). The van der Waals surface area contributed by atoms with Crippen molar-refractivity contribution in [2.24, 2.45) is 0 Å². The van der Waals surface area contributed by atoms with Crippen LogP contribution in [-0.2, 0) is 0 Å². The molecule has 0 saturated carbocycles. The van der Waals surface area contributed by atoms with Crippen LogP contribution in [0, 0.1) is 0 Å². The normalized spacial score (nSPS) is 10.4. The third-order valence-corrected chi connectivity index (χ3v) is 3.71. The maximum Gasteiger partial charge on any atom is 0.272 e. The molecule has 2 aromatic carbocycles. The Bertz CT molecular complexity index is 1040. The second-order valence-electron chi connectivity index (χ2n) is 5.50. The number of pyridine rings is 1. The number of hydrogen-bond donors (Lipinski definition) is 2. The summed E-state index contributed by atoms with van der Waals surface area (Å²) in [5, 5.41) is 5.38. The van der Waals surface area contributed by atoms with E-state index in [1.54, 1.807) is 37.3 Å². The average molecular weight is 367 g/mol. The van der Waals surface area contributed by atoms with Crippen molar-refractivity contribution in [1.29, 1.82) is 0 Å². The quantitative estimate of drug-likeness (QED) is 0.615. The first kappa shape index (κ1) is 18.1. The molecule has 8 heteroatoms. The van der Waals surface area contributed by atoms with E-state index in [9.17, 15) is 14.4 Å². The van der Waals surface area contributed by atoms with Gasteiger partial charge in [0.25, 0.3) is 16.8 Å². The van der Waals surface area contributed by atoms with Crippen molar-refractivity contribution in [1.82, 2.24) is 10.3 Å². The summed E-state index contributed by atoms with van der Waals surface area (Å²) in [5.41, 5.74) is -0.214. The van der Waals surface area contributed by atoms with E-state index >= 15 is 0 Å². The number of aromatic nitrogens is 1. The average Bonchev–Trinajstić information content (AvgIpc) is 2.71. The summed E-state index contributed by atoms with van der Waals surface area (Å²) in [6.45, 7) is 2.04. The number of ether oxygens (including phenoxy) is 2. The number of hydrogen-bond acceptors (Lipinski definition) is 7. The van der Waals surface area contributed by atoms with Gasteiger partial charge in [-0.25, -0.2) is 0 Å². The topological polar surface area (TPSA) is 107 Å². The van der Waals surface area contributed by atoms with Crippen molar-refractivity contribution in [3.63, 3.8) is 0 Å². The van der Waals surface area contributed by atoms with Crippen molar-refractivity contribution >= 4 is 17.3 Å². The molecule has 0 unspecified atom stereocenters. The second kappa shape index (κ2) is 7.69. The molecule has 3 aromatic rings. The molecule has 138 valence electrons. The summed E-state index contributed by atoms with van der Waals surface area (Å²) >= 11 is 0. The number of carbonyl (C=O) groups excluding carboxylic acids is 1. The molecule has 1 aromatic heterocycles. The maximum atomic E-state index is 11.7. The Morgan fingerprint density at radius 3 is 2.48 bits per heavy atom. The van der Waals surface area contributed by atoms with Crippen molar-refractivity contribution in [2.45, 2.75) is 6.92 Å². The van der Waals surface area contributed by atoms with Crippen LogP contribution in [0.1, 0.15) is 17.4 Å². The number of benzene rings is 1. The van der Waals surface area contributed by atoms with Gasteiger partial charge in [-0.15, -0.1) is 0 Å². The minimum atomic E-state index is -0.621. The molecule has 1 amide bonds. The van der Waals surface area contributed by atoms with Crippen LogP contribution in [0.3, 0.4) is 0 Å². The molecule has 8 nitrogen and oxygen atoms in total. The first-order chi connectivity index (χ1) is 13.0. The summed E-state index contributed by atoms with van der Waals surface area (Å²) in [6.07, 6.45) is 1.48. The zero-order chi connectivity index (χ0) is 19.4. The van der Waals surface area contributed by atoms with Gasteiger partial charge >= 0.3 is 0 Å². The fourth-order valence-corrected chi connectivity index (χ4v) is 2.38. The van der Waals surface area contributed by atoms with Crippen LogP contribution in [0.2, 0.25) is 0 Å². The fraction of sp³-hybridized carbons (Fsp3) is 0.158. The number of nitrogens with zero attached hydrogens (tertiary/aromatic N) is 1. The number of rotatable bonds is 7. The van der Waals surface area contributed by atoms with E-state index < -0.39 is 10.9 Å². The Balaban J connectivity index is 1.71. The number of carbonyl (C=O) groups is 1. The van der Waals surface area contributed by atoms with Crippen LogP contribution in [0.5, 0.6) is 17.2 Å². The van der Waals surface area contributed by atoms with Gasteiger partial charge in [-0.05, 0) is 37.3 Å². The van der Waals surface area contributed by atoms with Gasteiger partial charge in [-0.3, -0.25) is 19.4 Å². The predicted molar refractivity (Wildman–Crippen MR) is 99.9 cm³/mol. The van der Waals surface area contributed by atoms with Gasteiger partial charge in [0.15, 0.2) is 5.75 Å². The molecular weight excluding hydrogens is 350 g/mol. The lowest BCUT2D eigenvalue weighted by atomic mass is 10.2. The van der Waals surface area contributed by atoms with E-state index in [0.717, 1.165) is 0 Å². The molecule has 0 fully saturated rings. The number of anilines is 2. The second-order valence-corrected chi connectivity index (χ2v) is 5.50. The summed E-state index contributed by atoms with van der Waals surface area (Å²) < 4.78 is 10.9. The van der Waals surface area contributed by atoms with E-state index in [0.29, 0.717) is 23.8 Å². The minimum Gasteiger partial charge on any atom is -0.488 e. The summed E-state index contributed by atoms with van der Waals surface area (Å²) in [4.78, 5) is 38.7. The highest BCUT2D eigenvalue weighted by Gasteiger charge is 2.22. The Morgan fingerprint density at radius 2 is 1.81 bits per heavy atom. The van der Waals surface area contributed by atoms with Crippen LogP contribution < -0.4 is 31.0 Å². The molecule has 1 heterocycles. The lowest BCUT2D eigenvalue weighted by molar-refractivity contribution is 0.0958. The molecular formula is C19H17N3O5. The molecule has 0 saturated heterocycles. The largest absolute Gasteiger partial charge is 0.488 e. The van der Waals surface area contributed by atoms with Crippen LogP contribution in [0.4, 0.5) is 11.4 Å². The van der Waals surface area contributed by atoms with Crippen molar-refractivity contribution in [3.05, 3.63) is 68.7 Å². The highest BCUT2D eigenvalue weighted by Crippen LogP contribution is 2.26. The van der Waals surface area contributed by atoms with E-state index in [1.165, 1.54) is 19.3 Å². The first-order valence-electron chi connectivity index (χ1n) is 8.22. The first-order valence-corrected chi connectivity index (χ1v) is 8.22. The van der Waals surface area contributed by atoms with Gasteiger partial charge in [0.2, 0.25) is 0 Å². The van der Waals surface area contributed by atoms with Gasteiger partial charge in [0.1, 0.15) is 22.9 Å². The molecule has 0 radical (unpaired) electrons. The zero-order valence-electron chi connectivity index (χ0n) is 14.7. The van der Waals surface area contributed by atoms with Crippen LogP contribution >= 0.6 is 0 Å². The smallest absolute Gasteiger partial charge is 0.272 e. The molecule has 0 aliphatic rings. The molecule has 27 heavy (non-hydrogen) atoms. The molecule has 2 N–H and O–H groups in total. The molecule has 0 bridgehead atoms. The van der Waals surface area contributed by atoms with Crippen LogP contribution in [0.15, 0.2) is 52.2 Å². The van der Waals surface area contributed by atoms with Gasteiger partial charge in [0.05, 0.1) is 6.61 Å². The van der Waals surface area contributed by atoms with Crippen LogP contribution in [-0.4, -0.2) is 24.5 Å². The summed E-state index contributed by atoms with van der Waals surface area (Å²) in [6, 6.07) is 9.94. The Labute approximate surface area is 154 Å². The Hall–Kier alpha value is -3.68. The minimum absolute atomic E-state index is 0.0568. The molecule has 0 atom stereocenters. The summed E-state index contributed by atoms with van der Waals surface area (Å²) in [7, 11) is 1.52. The van der Waals surface area contributed by atoms with Gasteiger partial charge in [-0.2, -0.15) is 0 Å². The SMILES string of the molecule is CCOc1c(Nc2ccc(Oc3ccnc(C(=O)NC)c3)cc2)c(=O)c1=O. The number of nitrogens with one attached hydrogen (secondary N) is 2. The van der Waals surface area contributed by atoms with Crippen molar-refractivity contribution in [2.75, 3.05) is 19.0 Å². The fourth-order valence-electron chi connectivity index (χ4n) is 2.38. The highest BCUT2D eigenvalue weighted by atomic mass is 16.5. The maximum absolute atomic E-state index is 11.7. The van der Waals surface area contributed by atoms with Crippen LogP contribution in [0.25, 0.3) is 0 Å². The van der Waals surface area contributed by atoms with Gasteiger partial charge < -0.3 is 20.1 Å². The number of amides is 1. The molecule has 0 aliphatic carbocycles. The van der Waals surface area contributed by atoms with Crippen molar-refractivity contribution < 1.29 is 14.3 Å². The summed E-state index contributed by atoms with van der Waals surface area (Å²) in [5.74, 6) is 0.745. The standard InChI is InChI=1S/C19H17N3O5/c1-3-26-18-15(16(23)17(18)24)22-11-4-6-12(7-5-11)27-13-8-9-21-14(10-13)19(25)20-2/h4-10,22H,3H2,1-2H3,(H,20,25). The lowest BCUT2D eigenvalue weighted by Gasteiger charge is -2.13. The molecule has 0 aliphatic heterocycles. The third kappa shape index (κ3) is 3.79. The van der Waals surface area contributed by atoms with Gasteiger partial charge in [0, 0.05) is 25.0 Å². The van der Waals surface area contributed by atoms with E-state index in [2.05, 4.69) is 15.6 Å². The van der Waals surface area contributed by atoms with E-state index in [4.69, 9.17) is 9.47 Å². The van der Waals surface area contributed by atoms with E-state index in [1.807, 2.05) is 0 Å². The van der Waals surface area contributed by atoms with Crippen molar-refractivity contribution in [3.8, 4) is 17.2 Å².